The molecule has 1 aromatic rings. The summed E-state index contributed by atoms with van der Waals surface area (Å²) in [5.74, 6) is 0. The van der Waals surface area contributed by atoms with Gasteiger partial charge in [0.1, 0.15) is 6.33 Å². The highest BCUT2D eigenvalue weighted by Crippen LogP contribution is 1.95. The maximum atomic E-state index is 5.00. The largest absolute Gasteiger partial charge is 0.385 e. The Hall–Kier alpha value is -1.00. The van der Waals surface area contributed by atoms with E-state index < -0.39 is 0 Å². The van der Waals surface area contributed by atoms with Crippen molar-refractivity contribution in [3.05, 3.63) is 24.3 Å². The summed E-state index contributed by atoms with van der Waals surface area (Å²) in [6.07, 6.45) is 4.34. The molecular formula is C10H17N3O. The quantitative estimate of drug-likeness (QED) is 0.735. The van der Waals surface area contributed by atoms with Crippen molar-refractivity contribution < 1.29 is 4.74 Å². The molecule has 0 amide bonds. The number of hydrogen-bond acceptors (Lipinski definition) is 4. The lowest BCUT2D eigenvalue weighted by molar-refractivity contribution is 0.184. The van der Waals surface area contributed by atoms with Crippen LogP contribution in [0.15, 0.2) is 18.6 Å². The predicted molar refractivity (Wildman–Crippen MR) is 54.8 cm³/mol. The van der Waals surface area contributed by atoms with Gasteiger partial charge in [0.05, 0.1) is 5.69 Å². The third-order valence-corrected chi connectivity index (χ3v) is 2.03. The Bertz CT molecular complexity index is 240. The Morgan fingerprint density at radius 3 is 3.07 bits per heavy atom. The summed E-state index contributed by atoms with van der Waals surface area (Å²) in [6.45, 7) is 3.71. The molecule has 1 atom stereocenters. The van der Waals surface area contributed by atoms with E-state index in [1.165, 1.54) is 0 Å². The minimum absolute atomic E-state index is 0.449. The van der Waals surface area contributed by atoms with E-state index in [-0.39, 0.29) is 0 Å². The summed E-state index contributed by atoms with van der Waals surface area (Å²) < 4.78 is 5.00. The zero-order valence-corrected chi connectivity index (χ0v) is 8.73. The van der Waals surface area contributed by atoms with Gasteiger partial charge in [0.25, 0.3) is 0 Å². The molecule has 0 aliphatic heterocycles. The van der Waals surface area contributed by atoms with Gasteiger partial charge in [0, 0.05) is 32.5 Å². The Balaban J connectivity index is 2.20. The lowest BCUT2D eigenvalue weighted by Crippen LogP contribution is -2.27. The topological polar surface area (TPSA) is 47.0 Å². The standard InChI is InChI=1S/C10H17N3O/c1-9(4-6-14-2)12-7-10-3-5-11-8-13-10/h3,5,8-9,12H,4,6-7H2,1-2H3. The third-order valence-electron chi connectivity index (χ3n) is 2.03. The molecule has 1 heterocycles. The third kappa shape index (κ3) is 4.30. The second-order valence-corrected chi connectivity index (χ2v) is 3.26. The highest BCUT2D eigenvalue weighted by Gasteiger charge is 2.00. The Labute approximate surface area is 84.7 Å². The smallest absolute Gasteiger partial charge is 0.115 e. The van der Waals surface area contributed by atoms with E-state index in [0.717, 1.165) is 25.3 Å². The summed E-state index contributed by atoms with van der Waals surface area (Å²) in [7, 11) is 1.72. The lowest BCUT2D eigenvalue weighted by Gasteiger charge is -2.12. The molecule has 4 heteroatoms. The number of nitrogens with zero attached hydrogens (tertiary/aromatic N) is 2. The van der Waals surface area contributed by atoms with Gasteiger partial charge < -0.3 is 10.1 Å². The maximum absolute atomic E-state index is 5.00. The maximum Gasteiger partial charge on any atom is 0.115 e. The molecular weight excluding hydrogens is 178 g/mol. The van der Waals surface area contributed by atoms with Crippen molar-refractivity contribution in [3.63, 3.8) is 0 Å². The molecule has 1 N–H and O–H groups in total. The van der Waals surface area contributed by atoms with Crippen LogP contribution in [0.4, 0.5) is 0 Å². The monoisotopic (exact) mass is 195 g/mol. The first kappa shape index (κ1) is 11.1. The van der Waals surface area contributed by atoms with E-state index in [4.69, 9.17) is 4.74 Å². The molecule has 1 rings (SSSR count). The zero-order chi connectivity index (χ0) is 10.2. The van der Waals surface area contributed by atoms with Crippen LogP contribution in [0.2, 0.25) is 0 Å². The van der Waals surface area contributed by atoms with E-state index in [1.807, 2.05) is 6.07 Å². The summed E-state index contributed by atoms with van der Waals surface area (Å²) in [5.41, 5.74) is 1.02. The summed E-state index contributed by atoms with van der Waals surface area (Å²) in [6, 6.07) is 2.36. The van der Waals surface area contributed by atoms with Gasteiger partial charge in [-0.3, -0.25) is 0 Å². The number of ether oxygens (including phenoxy) is 1. The summed E-state index contributed by atoms with van der Waals surface area (Å²) in [5, 5.41) is 3.36. The van der Waals surface area contributed by atoms with Crippen LogP contribution in [-0.2, 0) is 11.3 Å². The van der Waals surface area contributed by atoms with Gasteiger partial charge in [-0.25, -0.2) is 9.97 Å². The van der Waals surface area contributed by atoms with Crippen molar-refractivity contribution in [1.29, 1.82) is 0 Å². The fourth-order valence-electron chi connectivity index (χ4n) is 1.10. The Morgan fingerprint density at radius 2 is 2.43 bits per heavy atom. The second-order valence-electron chi connectivity index (χ2n) is 3.26. The van der Waals surface area contributed by atoms with E-state index in [1.54, 1.807) is 19.6 Å². The first-order valence-corrected chi connectivity index (χ1v) is 4.80. The second kappa shape index (κ2) is 6.45. The average molecular weight is 195 g/mol. The number of rotatable bonds is 6. The number of hydrogen-bond donors (Lipinski definition) is 1. The van der Waals surface area contributed by atoms with E-state index in [9.17, 15) is 0 Å². The van der Waals surface area contributed by atoms with Gasteiger partial charge in [0.2, 0.25) is 0 Å². The molecule has 0 bridgehead atoms. The summed E-state index contributed by atoms with van der Waals surface area (Å²) >= 11 is 0. The van der Waals surface area contributed by atoms with Crippen LogP contribution in [0.25, 0.3) is 0 Å². The fourth-order valence-corrected chi connectivity index (χ4v) is 1.10. The Morgan fingerprint density at radius 1 is 1.57 bits per heavy atom. The lowest BCUT2D eigenvalue weighted by atomic mass is 10.2. The van der Waals surface area contributed by atoms with Crippen molar-refractivity contribution in [2.24, 2.45) is 0 Å². The van der Waals surface area contributed by atoms with Crippen molar-refractivity contribution in [1.82, 2.24) is 15.3 Å². The first-order valence-electron chi connectivity index (χ1n) is 4.80. The molecule has 0 spiro atoms. The number of methoxy groups -OCH3 is 1. The van der Waals surface area contributed by atoms with Gasteiger partial charge in [-0.15, -0.1) is 0 Å². The molecule has 0 aromatic carbocycles. The van der Waals surface area contributed by atoms with Crippen molar-refractivity contribution in [2.45, 2.75) is 25.9 Å². The molecule has 0 radical (unpaired) electrons. The van der Waals surface area contributed by atoms with Crippen LogP contribution < -0.4 is 5.32 Å². The molecule has 78 valence electrons. The van der Waals surface area contributed by atoms with Crippen LogP contribution in [0.5, 0.6) is 0 Å². The Kier molecular flexibility index (Phi) is 5.11. The zero-order valence-electron chi connectivity index (χ0n) is 8.73. The number of aromatic nitrogens is 2. The first-order chi connectivity index (χ1) is 6.83. The normalized spacial score (nSPS) is 12.7. The van der Waals surface area contributed by atoms with Gasteiger partial charge in [0.15, 0.2) is 0 Å². The van der Waals surface area contributed by atoms with Crippen molar-refractivity contribution in [3.8, 4) is 0 Å². The van der Waals surface area contributed by atoms with Gasteiger partial charge in [-0.2, -0.15) is 0 Å². The van der Waals surface area contributed by atoms with Crippen LogP contribution in [0, 0.1) is 0 Å². The molecule has 14 heavy (non-hydrogen) atoms. The molecule has 1 aromatic heterocycles. The number of nitrogens with one attached hydrogen (secondary N) is 1. The molecule has 4 nitrogen and oxygen atoms in total. The van der Waals surface area contributed by atoms with E-state index in [2.05, 4.69) is 22.2 Å². The van der Waals surface area contributed by atoms with Crippen LogP contribution in [-0.4, -0.2) is 29.7 Å². The SMILES string of the molecule is COCCC(C)NCc1ccncn1. The van der Waals surface area contributed by atoms with Crippen molar-refractivity contribution in [2.75, 3.05) is 13.7 Å². The van der Waals surface area contributed by atoms with E-state index >= 15 is 0 Å². The van der Waals surface area contributed by atoms with Gasteiger partial charge in [-0.05, 0) is 19.4 Å². The molecule has 1 unspecified atom stereocenters. The van der Waals surface area contributed by atoms with Crippen molar-refractivity contribution >= 4 is 0 Å². The highest BCUT2D eigenvalue weighted by molar-refractivity contribution is 4.97. The summed E-state index contributed by atoms with van der Waals surface area (Å²) in [4.78, 5) is 7.99. The average Bonchev–Trinajstić information content (AvgIpc) is 2.25. The fraction of sp³-hybridized carbons (Fsp3) is 0.600. The predicted octanol–water partition coefficient (Wildman–Crippen LogP) is 0.991. The van der Waals surface area contributed by atoms with Crippen LogP contribution in [0.3, 0.4) is 0 Å². The minimum atomic E-state index is 0.449. The van der Waals surface area contributed by atoms with Gasteiger partial charge in [-0.1, -0.05) is 0 Å². The molecule has 0 aliphatic rings. The van der Waals surface area contributed by atoms with Crippen LogP contribution in [0.1, 0.15) is 19.0 Å². The molecule has 0 saturated heterocycles. The molecule has 0 aliphatic carbocycles. The van der Waals surface area contributed by atoms with Crippen LogP contribution >= 0.6 is 0 Å². The minimum Gasteiger partial charge on any atom is -0.385 e. The highest BCUT2D eigenvalue weighted by atomic mass is 16.5. The molecule has 0 fully saturated rings. The molecule has 0 saturated carbocycles. The van der Waals surface area contributed by atoms with E-state index in [0.29, 0.717) is 6.04 Å². The van der Waals surface area contributed by atoms with Gasteiger partial charge >= 0.3 is 0 Å².